The maximum absolute atomic E-state index is 13.7. The van der Waals surface area contributed by atoms with Crippen LogP contribution in [0.4, 0.5) is 13.6 Å². The molecule has 0 spiro atoms. The Morgan fingerprint density at radius 1 is 0.969 bits per heavy atom. The van der Waals surface area contributed by atoms with Gasteiger partial charge in [0.2, 0.25) is 0 Å². The summed E-state index contributed by atoms with van der Waals surface area (Å²) in [6.07, 6.45) is 1.61. The van der Waals surface area contributed by atoms with E-state index in [-0.39, 0.29) is 28.9 Å². The molecule has 3 aromatic rings. The highest BCUT2D eigenvalue weighted by Gasteiger charge is 2.35. The minimum Gasteiger partial charge on any atom is -0.489 e. The van der Waals surface area contributed by atoms with Crippen LogP contribution >= 0.6 is 23.4 Å². The molecule has 0 aliphatic carbocycles. The maximum atomic E-state index is 13.7. The number of carbonyl (C=O) groups excluding carboxylic acids is 2. The quantitative estimate of drug-likeness (QED) is 0.388. The fourth-order valence-corrected chi connectivity index (χ4v) is 4.11. The lowest BCUT2D eigenvalue weighted by Gasteiger charge is -2.13. The third-order valence-electron chi connectivity index (χ3n) is 4.75. The van der Waals surface area contributed by atoms with E-state index in [2.05, 4.69) is 0 Å². The van der Waals surface area contributed by atoms with Crippen molar-refractivity contribution < 1.29 is 23.1 Å². The molecular weight excluding hydrogens is 456 g/mol. The van der Waals surface area contributed by atoms with Gasteiger partial charge < -0.3 is 4.74 Å². The lowest BCUT2D eigenvalue weighted by molar-refractivity contribution is -0.123. The average molecular weight is 472 g/mol. The predicted molar refractivity (Wildman–Crippen MR) is 120 cm³/mol. The van der Waals surface area contributed by atoms with E-state index in [1.165, 1.54) is 18.2 Å². The number of ether oxygens (including phenoxy) is 1. The van der Waals surface area contributed by atoms with Gasteiger partial charge in [-0.2, -0.15) is 0 Å². The van der Waals surface area contributed by atoms with Crippen LogP contribution in [0, 0.1) is 11.6 Å². The number of halogens is 3. The van der Waals surface area contributed by atoms with E-state index in [9.17, 15) is 18.4 Å². The van der Waals surface area contributed by atoms with Gasteiger partial charge in [-0.15, -0.1) is 0 Å². The third-order valence-corrected chi connectivity index (χ3v) is 6.01. The highest BCUT2D eigenvalue weighted by molar-refractivity contribution is 8.18. The number of hydrogen-bond acceptors (Lipinski definition) is 4. The van der Waals surface area contributed by atoms with Crippen LogP contribution in [0.2, 0.25) is 5.02 Å². The van der Waals surface area contributed by atoms with E-state index in [0.717, 1.165) is 22.7 Å². The number of hydrogen-bond donors (Lipinski definition) is 0. The van der Waals surface area contributed by atoms with Crippen LogP contribution in [-0.2, 0) is 17.9 Å². The standard InChI is InChI=1S/C24H16ClF2NO3S/c25-20-12-18(26)8-7-16(20)13-28-23(29)22(32-24(28)30)11-15-5-9-19(10-6-15)31-14-17-3-1-2-4-21(17)27/h1-12H,13-14H2/b22-11-. The van der Waals surface area contributed by atoms with Gasteiger partial charge in [0.1, 0.15) is 24.0 Å². The van der Waals surface area contributed by atoms with Crippen molar-refractivity contribution in [2.24, 2.45) is 0 Å². The Kier molecular flexibility index (Phi) is 6.58. The fourth-order valence-electron chi connectivity index (χ4n) is 3.04. The minimum absolute atomic E-state index is 0.0378. The second kappa shape index (κ2) is 9.54. The molecule has 162 valence electrons. The molecule has 4 rings (SSSR count). The van der Waals surface area contributed by atoms with Gasteiger partial charge in [0.05, 0.1) is 11.4 Å². The molecule has 1 aliphatic heterocycles. The van der Waals surface area contributed by atoms with Gasteiger partial charge in [-0.05, 0) is 59.3 Å². The Morgan fingerprint density at radius 2 is 1.72 bits per heavy atom. The minimum atomic E-state index is -0.492. The van der Waals surface area contributed by atoms with E-state index >= 15 is 0 Å². The average Bonchev–Trinajstić information content (AvgIpc) is 3.03. The molecule has 1 heterocycles. The van der Waals surface area contributed by atoms with Gasteiger partial charge in [0.25, 0.3) is 11.1 Å². The van der Waals surface area contributed by atoms with Crippen molar-refractivity contribution in [3.63, 3.8) is 0 Å². The first kappa shape index (κ1) is 22.0. The maximum Gasteiger partial charge on any atom is 0.293 e. The Labute approximate surface area is 192 Å². The van der Waals surface area contributed by atoms with Crippen molar-refractivity contribution in [2.75, 3.05) is 0 Å². The fraction of sp³-hybridized carbons (Fsp3) is 0.0833. The van der Waals surface area contributed by atoms with Crippen molar-refractivity contribution >= 4 is 40.6 Å². The van der Waals surface area contributed by atoms with Crippen LogP contribution < -0.4 is 4.74 Å². The van der Waals surface area contributed by atoms with Crippen LogP contribution in [-0.4, -0.2) is 16.0 Å². The van der Waals surface area contributed by atoms with E-state index in [0.29, 0.717) is 22.4 Å². The van der Waals surface area contributed by atoms with E-state index in [4.69, 9.17) is 16.3 Å². The molecule has 4 nitrogen and oxygen atoms in total. The monoisotopic (exact) mass is 471 g/mol. The summed E-state index contributed by atoms with van der Waals surface area (Å²) in [7, 11) is 0. The van der Waals surface area contributed by atoms with Crippen molar-refractivity contribution in [3.05, 3.63) is 105 Å². The molecule has 32 heavy (non-hydrogen) atoms. The van der Waals surface area contributed by atoms with Gasteiger partial charge in [-0.25, -0.2) is 8.78 Å². The SMILES string of the molecule is O=C1S/C(=C\c2ccc(OCc3ccccc3F)cc2)C(=O)N1Cc1ccc(F)cc1Cl. The number of imide groups is 1. The molecule has 1 saturated heterocycles. The second-order valence-electron chi connectivity index (χ2n) is 6.95. The third kappa shape index (κ3) is 5.00. The molecule has 1 aliphatic rings. The normalized spacial score (nSPS) is 15.0. The van der Waals surface area contributed by atoms with Crippen molar-refractivity contribution in [1.29, 1.82) is 0 Å². The summed E-state index contributed by atoms with van der Waals surface area (Å²) in [5, 5.41) is -0.273. The zero-order chi connectivity index (χ0) is 22.7. The number of carbonyl (C=O) groups is 2. The van der Waals surface area contributed by atoms with Crippen molar-refractivity contribution in [1.82, 2.24) is 4.90 Å². The van der Waals surface area contributed by atoms with E-state index in [1.807, 2.05) is 0 Å². The van der Waals surface area contributed by atoms with Crippen LogP contribution in [0.3, 0.4) is 0 Å². The molecule has 1 fully saturated rings. The predicted octanol–water partition coefficient (Wildman–Crippen LogP) is 6.43. The summed E-state index contributed by atoms with van der Waals surface area (Å²) >= 11 is 6.84. The van der Waals surface area contributed by atoms with Crippen LogP contribution in [0.1, 0.15) is 16.7 Å². The molecule has 2 amide bonds. The first-order valence-electron chi connectivity index (χ1n) is 9.56. The van der Waals surface area contributed by atoms with Crippen molar-refractivity contribution in [2.45, 2.75) is 13.2 Å². The zero-order valence-electron chi connectivity index (χ0n) is 16.6. The van der Waals surface area contributed by atoms with E-state index in [1.54, 1.807) is 48.5 Å². The summed E-state index contributed by atoms with van der Waals surface area (Å²) in [6, 6.07) is 17.1. The highest BCUT2D eigenvalue weighted by atomic mass is 35.5. The molecular formula is C24H16ClF2NO3S. The number of rotatable bonds is 6. The van der Waals surface area contributed by atoms with E-state index < -0.39 is 17.0 Å². The summed E-state index contributed by atoms with van der Waals surface area (Å²) in [5.41, 5.74) is 1.63. The molecule has 0 saturated carbocycles. The van der Waals surface area contributed by atoms with Crippen LogP contribution in [0.5, 0.6) is 5.75 Å². The molecule has 0 radical (unpaired) electrons. The largest absolute Gasteiger partial charge is 0.489 e. The lowest BCUT2D eigenvalue weighted by atomic mass is 10.2. The second-order valence-corrected chi connectivity index (χ2v) is 8.35. The summed E-state index contributed by atoms with van der Waals surface area (Å²) in [5.74, 6) is -0.722. The zero-order valence-corrected chi connectivity index (χ0v) is 18.1. The summed E-state index contributed by atoms with van der Waals surface area (Å²) in [6.45, 7) is 0.0563. The highest BCUT2D eigenvalue weighted by Crippen LogP contribution is 2.34. The molecule has 0 aromatic heterocycles. The number of amides is 2. The van der Waals surface area contributed by atoms with Gasteiger partial charge in [-0.3, -0.25) is 14.5 Å². The Morgan fingerprint density at radius 3 is 2.44 bits per heavy atom. The topological polar surface area (TPSA) is 46.6 Å². The van der Waals surface area contributed by atoms with Crippen LogP contribution in [0.15, 0.2) is 71.6 Å². The first-order chi connectivity index (χ1) is 15.4. The smallest absolute Gasteiger partial charge is 0.293 e. The summed E-state index contributed by atoms with van der Waals surface area (Å²) < 4.78 is 32.5. The molecule has 0 atom stereocenters. The Bertz CT molecular complexity index is 1210. The molecule has 0 N–H and O–H groups in total. The van der Waals surface area contributed by atoms with Gasteiger partial charge in [-0.1, -0.05) is 48.0 Å². The van der Waals surface area contributed by atoms with Gasteiger partial charge in [0.15, 0.2) is 0 Å². The van der Waals surface area contributed by atoms with Crippen molar-refractivity contribution in [3.8, 4) is 5.75 Å². The summed E-state index contributed by atoms with van der Waals surface area (Å²) in [4.78, 5) is 26.4. The number of benzene rings is 3. The van der Waals surface area contributed by atoms with Gasteiger partial charge in [0, 0.05) is 10.6 Å². The Hall–Kier alpha value is -3.16. The number of thioether (sulfide) groups is 1. The molecule has 3 aromatic carbocycles. The molecule has 8 heteroatoms. The van der Waals surface area contributed by atoms with Gasteiger partial charge >= 0.3 is 0 Å². The van der Waals surface area contributed by atoms with Crippen LogP contribution in [0.25, 0.3) is 6.08 Å². The lowest BCUT2D eigenvalue weighted by Crippen LogP contribution is -2.27. The molecule has 0 bridgehead atoms. The number of nitrogens with zero attached hydrogens (tertiary/aromatic N) is 1. The first-order valence-corrected chi connectivity index (χ1v) is 10.8. The molecule has 0 unspecified atom stereocenters. The Balaban J connectivity index is 1.42.